The van der Waals surface area contributed by atoms with Gasteiger partial charge in [0.25, 0.3) is 0 Å². The van der Waals surface area contributed by atoms with Gasteiger partial charge in [0.1, 0.15) is 5.82 Å². The predicted molar refractivity (Wildman–Crippen MR) is 77.4 cm³/mol. The van der Waals surface area contributed by atoms with Crippen molar-refractivity contribution in [2.75, 3.05) is 0 Å². The first-order valence-corrected chi connectivity index (χ1v) is 6.83. The van der Waals surface area contributed by atoms with Gasteiger partial charge < -0.3 is 9.88 Å². The Kier molecular flexibility index (Phi) is 4.32. The van der Waals surface area contributed by atoms with Crippen LogP contribution in [0.1, 0.15) is 37.9 Å². The normalized spacial score (nSPS) is 11.2. The van der Waals surface area contributed by atoms with Gasteiger partial charge >= 0.3 is 0 Å². The summed E-state index contributed by atoms with van der Waals surface area (Å²) in [7, 11) is 0. The van der Waals surface area contributed by atoms with Crippen LogP contribution in [0.5, 0.6) is 0 Å². The number of rotatable bonds is 5. The van der Waals surface area contributed by atoms with Crippen LogP contribution >= 0.6 is 0 Å². The molecular formula is C15H22N4. The highest BCUT2D eigenvalue weighted by molar-refractivity contribution is 5.42. The maximum Gasteiger partial charge on any atom is 0.112 e. The number of aromatic nitrogens is 3. The largest absolute Gasteiger partial charge is 0.310 e. The molecular weight excluding hydrogens is 236 g/mol. The summed E-state index contributed by atoms with van der Waals surface area (Å²) in [6.07, 6.45) is 6.76. The van der Waals surface area contributed by atoms with Crippen molar-refractivity contribution in [2.24, 2.45) is 0 Å². The molecule has 0 fully saturated rings. The van der Waals surface area contributed by atoms with Crippen LogP contribution in [0.2, 0.25) is 0 Å². The first-order valence-electron chi connectivity index (χ1n) is 6.83. The van der Waals surface area contributed by atoms with Crippen LogP contribution in [0.25, 0.3) is 5.69 Å². The zero-order chi connectivity index (χ0) is 13.8. The van der Waals surface area contributed by atoms with E-state index in [2.05, 4.69) is 46.7 Å². The van der Waals surface area contributed by atoms with Crippen LogP contribution in [0, 0.1) is 6.92 Å². The van der Waals surface area contributed by atoms with Crippen molar-refractivity contribution in [3.05, 3.63) is 41.7 Å². The average Bonchev–Trinajstić information content (AvgIpc) is 2.85. The molecule has 4 nitrogen and oxygen atoms in total. The Bertz CT molecular complexity index is 543. The smallest absolute Gasteiger partial charge is 0.112 e. The molecule has 0 saturated heterocycles. The van der Waals surface area contributed by atoms with Gasteiger partial charge in [-0.05, 0) is 13.0 Å². The molecule has 0 aliphatic carbocycles. The van der Waals surface area contributed by atoms with Gasteiger partial charge in [0.05, 0.1) is 5.69 Å². The van der Waals surface area contributed by atoms with E-state index in [1.807, 2.05) is 25.5 Å². The van der Waals surface area contributed by atoms with Crippen LogP contribution in [0.15, 0.2) is 24.7 Å². The Hall–Kier alpha value is -1.68. The molecule has 2 aromatic rings. The van der Waals surface area contributed by atoms with E-state index in [1.165, 1.54) is 11.3 Å². The number of pyridine rings is 1. The fraction of sp³-hybridized carbons (Fsp3) is 0.467. The zero-order valence-corrected chi connectivity index (χ0v) is 12.1. The minimum atomic E-state index is 0.461. The van der Waals surface area contributed by atoms with E-state index in [0.717, 1.165) is 24.5 Å². The second-order valence-corrected chi connectivity index (χ2v) is 5.06. The van der Waals surface area contributed by atoms with E-state index in [4.69, 9.17) is 0 Å². The van der Waals surface area contributed by atoms with Gasteiger partial charge in [-0.15, -0.1) is 0 Å². The third kappa shape index (κ3) is 3.20. The average molecular weight is 258 g/mol. The van der Waals surface area contributed by atoms with Gasteiger partial charge in [-0.3, -0.25) is 4.98 Å². The molecule has 0 radical (unpaired) electrons. The van der Waals surface area contributed by atoms with Crippen molar-refractivity contribution in [2.45, 2.75) is 46.7 Å². The fourth-order valence-electron chi connectivity index (χ4n) is 2.06. The molecule has 0 aliphatic heterocycles. The summed E-state index contributed by atoms with van der Waals surface area (Å²) in [6.45, 7) is 9.26. The first kappa shape index (κ1) is 13.7. The lowest BCUT2D eigenvalue weighted by atomic mass is 10.2. The third-order valence-electron chi connectivity index (χ3n) is 3.09. The minimum absolute atomic E-state index is 0.461. The van der Waals surface area contributed by atoms with Gasteiger partial charge in [-0.1, -0.05) is 20.8 Å². The lowest BCUT2D eigenvalue weighted by molar-refractivity contribution is 0.586. The summed E-state index contributed by atoms with van der Waals surface area (Å²) in [5.74, 6) is 1.08. The van der Waals surface area contributed by atoms with Crippen molar-refractivity contribution < 1.29 is 0 Å². The summed E-state index contributed by atoms with van der Waals surface area (Å²) in [6, 6.07) is 2.58. The van der Waals surface area contributed by atoms with Gasteiger partial charge in [-0.25, -0.2) is 4.98 Å². The van der Waals surface area contributed by atoms with Gasteiger partial charge in [0.15, 0.2) is 0 Å². The van der Waals surface area contributed by atoms with E-state index in [9.17, 15) is 0 Å². The van der Waals surface area contributed by atoms with E-state index in [1.54, 1.807) is 0 Å². The van der Waals surface area contributed by atoms with Crippen LogP contribution in [0.4, 0.5) is 0 Å². The predicted octanol–water partition coefficient (Wildman–Crippen LogP) is 2.64. The molecule has 102 valence electrons. The monoisotopic (exact) mass is 258 g/mol. The van der Waals surface area contributed by atoms with E-state index in [-0.39, 0.29) is 0 Å². The SMILES string of the molecule is CCc1nccn1-c1cc(C)ncc1CNC(C)C. The molecule has 0 atom stereocenters. The highest BCUT2D eigenvalue weighted by Gasteiger charge is 2.09. The van der Waals surface area contributed by atoms with Crippen molar-refractivity contribution >= 4 is 0 Å². The van der Waals surface area contributed by atoms with E-state index < -0.39 is 0 Å². The molecule has 4 heteroatoms. The van der Waals surface area contributed by atoms with Gasteiger partial charge in [0, 0.05) is 48.9 Å². The fourth-order valence-corrected chi connectivity index (χ4v) is 2.06. The highest BCUT2D eigenvalue weighted by Crippen LogP contribution is 2.17. The number of hydrogen-bond acceptors (Lipinski definition) is 3. The van der Waals surface area contributed by atoms with Crippen LogP contribution < -0.4 is 5.32 Å². The molecule has 19 heavy (non-hydrogen) atoms. The lowest BCUT2D eigenvalue weighted by Crippen LogP contribution is -2.23. The van der Waals surface area contributed by atoms with Crippen LogP contribution in [-0.2, 0) is 13.0 Å². The van der Waals surface area contributed by atoms with Crippen molar-refractivity contribution in [3.63, 3.8) is 0 Å². The van der Waals surface area contributed by atoms with Crippen molar-refractivity contribution in [1.29, 1.82) is 0 Å². The summed E-state index contributed by atoms with van der Waals surface area (Å²) < 4.78 is 2.16. The maximum atomic E-state index is 4.41. The Balaban J connectivity index is 2.40. The highest BCUT2D eigenvalue weighted by atomic mass is 15.1. The number of aryl methyl sites for hydroxylation is 2. The van der Waals surface area contributed by atoms with Gasteiger partial charge in [-0.2, -0.15) is 0 Å². The Morgan fingerprint density at radius 1 is 1.32 bits per heavy atom. The molecule has 0 aromatic carbocycles. The third-order valence-corrected chi connectivity index (χ3v) is 3.09. The number of imidazole rings is 1. The number of hydrogen-bond donors (Lipinski definition) is 1. The van der Waals surface area contributed by atoms with Crippen LogP contribution in [-0.4, -0.2) is 20.6 Å². The molecule has 2 heterocycles. The van der Waals surface area contributed by atoms with E-state index >= 15 is 0 Å². The summed E-state index contributed by atoms with van der Waals surface area (Å²) in [5.41, 5.74) is 3.40. The van der Waals surface area contributed by atoms with Gasteiger partial charge in [0.2, 0.25) is 0 Å². The molecule has 0 saturated carbocycles. The molecule has 0 amide bonds. The number of nitrogens with one attached hydrogen (secondary N) is 1. The molecule has 1 N–H and O–H groups in total. The van der Waals surface area contributed by atoms with Crippen LogP contribution in [0.3, 0.4) is 0 Å². The standard InChI is InChI=1S/C15H22N4/c1-5-15-16-6-7-19(15)14-8-12(4)18-10-13(14)9-17-11(2)3/h6-8,10-11,17H,5,9H2,1-4H3. The van der Waals surface area contributed by atoms with Crippen molar-refractivity contribution in [1.82, 2.24) is 19.9 Å². The molecule has 0 aliphatic rings. The molecule has 0 spiro atoms. The first-order chi connectivity index (χ1) is 9.11. The Morgan fingerprint density at radius 3 is 2.79 bits per heavy atom. The second kappa shape index (κ2) is 5.97. The van der Waals surface area contributed by atoms with Crippen molar-refractivity contribution in [3.8, 4) is 5.69 Å². The Labute approximate surface area is 114 Å². The topological polar surface area (TPSA) is 42.7 Å². The summed E-state index contributed by atoms with van der Waals surface area (Å²) >= 11 is 0. The van der Waals surface area contributed by atoms with E-state index in [0.29, 0.717) is 6.04 Å². The second-order valence-electron chi connectivity index (χ2n) is 5.06. The number of nitrogens with zero attached hydrogens (tertiary/aromatic N) is 3. The summed E-state index contributed by atoms with van der Waals surface area (Å²) in [5, 5.41) is 3.45. The molecule has 0 bridgehead atoms. The molecule has 0 unspecified atom stereocenters. The summed E-state index contributed by atoms with van der Waals surface area (Å²) in [4.78, 5) is 8.81. The quantitative estimate of drug-likeness (QED) is 0.896. The Morgan fingerprint density at radius 2 is 2.11 bits per heavy atom. The molecule has 2 aromatic heterocycles. The maximum absolute atomic E-state index is 4.41. The lowest BCUT2D eigenvalue weighted by Gasteiger charge is -2.15. The zero-order valence-electron chi connectivity index (χ0n) is 12.1. The molecule has 2 rings (SSSR count). The minimum Gasteiger partial charge on any atom is -0.310 e.